The van der Waals surface area contributed by atoms with Crippen molar-refractivity contribution in [2.75, 3.05) is 23.9 Å². The number of hydrogen-bond donors (Lipinski definition) is 1. The summed E-state index contributed by atoms with van der Waals surface area (Å²) in [5.74, 6) is -0.641. The molecule has 0 bridgehead atoms. The van der Waals surface area contributed by atoms with Gasteiger partial charge in [0.2, 0.25) is 5.91 Å². The third-order valence-electron chi connectivity index (χ3n) is 4.19. The fourth-order valence-electron chi connectivity index (χ4n) is 3.11. The first-order chi connectivity index (χ1) is 11.9. The number of carbonyl (C=O) groups excluding carboxylic acids is 3. The summed E-state index contributed by atoms with van der Waals surface area (Å²) in [7, 11) is 1.28. The SMILES string of the molecule is CCN1C(=O)C(C)(C)c2c(NC(=O)OC(C)(C)C)cc(C(=O)OC)cc21. The molecule has 0 aliphatic carbocycles. The molecule has 0 fully saturated rings. The number of anilines is 2. The largest absolute Gasteiger partial charge is 0.465 e. The van der Waals surface area contributed by atoms with Crippen LogP contribution < -0.4 is 10.2 Å². The van der Waals surface area contributed by atoms with E-state index in [1.165, 1.54) is 13.2 Å². The Morgan fingerprint density at radius 2 is 1.85 bits per heavy atom. The Morgan fingerprint density at radius 3 is 2.35 bits per heavy atom. The lowest BCUT2D eigenvalue weighted by Gasteiger charge is -2.23. The molecule has 1 N–H and O–H groups in total. The van der Waals surface area contributed by atoms with Gasteiger partial charge in [-0.3, -0.25) is 10.1 Å². The van der Waals surface area contributed by atoms with Gasteiger partial charge in [0.05, 0.1) is 29.5 Å². The first kappa shape index (κ1) is 19.8. The Labute approximate surface area is 153 Å². The third-order valence-corrected chi connectivity index (χ3v) is 4.19. The molecule has 0 saturated heterocycles. The van der Waals surface area contributed by atoms with Gasteiger partial charge in [-0.05, 0) is 53.7 Å². The topological polar surface area (TPSA) is 84.9 Å². The lowest BCUT2D eigenvalue weighted by atomic mass is 9.84. The number of esters is 1. The van der Waals surface area contributed by atoms with Crippen LogP contribution in [0.1, 0.15) is 57.5 Å². The predicted molar refractivity (Wildman–Crippen MR) is 98.7 cm³/mol. The second-order valence-corrected chi connectivity index (χ2v) is 7.71. The molecule has 26 heavy (non-hydrogen) atoms. The molecule has 7 heteroatoms. The normalized spacial score (nSPS) is 15.5. The first-order valence-corrected chi connectivity index (χ1v) is 8.51. The molecule has 0 radical (unpaired) electrons. The summed E-state index contributed by atoms with van der Waals surface area (Å²) in [6.45, 7) is 11.2. The van der Waals surface area contributed by atoms with Crippen LogP contribution in [0.2, 0.25) is 0 Å². The summed E-state index contributed by atoms with van der Waals surface area (Å²) in [6.07, 6.45) is -0.653. The van der Waals surface area contributed by atoms with Crippen LogP contribution in [0.4, 0.5) is 16.2 Å². The van der Waals surface area contributed by atoms with Crippen molar-refractivity contribution in [2.45, 2.75) is 52.6 Å². The van der Waals surface area contributed by atoms with E-state index < -0.39 is 23.1 Å². The van der Waals surface area contributed by atoms with E-state index in [0.717, 1.165) is 0 Å². The average Bonchev–Trinajstić information content (AvgIpc) is 2.71. The summed E-state index contributed by atoms with van der Waals surface area (Å²) in [6, 6.07) is 3.14. The van der Waals surface area contributed by atoms with Crippen LogP contribution in [0, 0.1) is 0 Å². The van der Waals surface area contributed by atoms with Crippen LogP contribution >= 0.6 is 0 Å². The molecule has 1 aliphatic rings. The Kier molecular flexibility index (Phi) is 5.03. The van der Waals surface area contributed by atoms with Gasteiger partial charge >= 0.3 is 12.1 Å². The Morgan fingerprint density at radius 1 is 1.23 bits per heavy atom. The summed E-state index contributed by atoms with van der Waals surface area (Å²) >= 11 is 0. The highest BCUT2D eigenvalue weighted by Crippen LogP contribution is 2.46. The van der Waals surface area contributed by atoms with E-state index in [1.54, 1.807) is 45.6 Å². The second-order valence-electron chi connectivity index (χ2n) is 7.71. The van der Waals surface area contributed by atoms with Crippen LogP contribution in [0.5, 0.6) is 0 Å². The molecule has 0 spiro atoms. The molecule has 1 heterocycles. The maximum absolute atomic E-state index is 12.8. The maximum atomic E-state index is 12.8. The Hall–Kier alpha value is -2.57. The number of carbonyl (C=O) groups is 3. The predicted octanol–water partition coefficient (Wildman–Crippen LogP) is 3.46. The number of hydrogen-bond acceptors (Lipinski definition) is 5. The molecule has 7 nitrogen and oxygen atoms in total. The van der Waals surface area contributed by atoms with Gasteiger partial charge in [-0.15, -0.1) is 0 Å². The van der Waals surface area contributed by atoms with Gasteiger partial charge in [0.1, 0.15) is 5.60 Å². The molecule has 1 aromatic carbocycles. The second kappa shape index (κ2) is 6.63. The van der Waals surface area contributed by atoms with E-state index in [-0.39, 0.29) is 11.5 Å². The number of nitrogens with zero attached hydrogens (tertiary/aromatic N) is 1. The van der Waals surface area contributed by atoms with Crippen LogP contribution in [-0.4, -0.2) is 37.2 Å². The standard InChI is InChI=1S/C19H26N2O5/c1-8-21-13-10-11(15(22)25-7)9-12(14(13)19(5,6)16(21)23)20-17(24)26-18(2,3)4/h9-10H,8H2,1-7H3,(H,20,24). The van der Waals surface area contributed by atoms with Crippen LogP contribution in [0.25, 0.3) is 0 Å². The van der Waals surface area contributed by atoms with E-state index in [4.69, 9.17) is 9.47 Å². The van der Waals surface area contributed by atoms with Crippen LogP contribution in [-0.2, 0) is 19.7 Å². The number of nitrogens with one attached hydrogen (secondary N) is 1. The van der Waals surface area contributed by atoms with E-state index in [2.05, 4.69) is 5.32 Å². The summed E-state index contributed by atoms with van der Waals surface area (Å²) in [5, 5.41) is 2.69. The van der Waals surface area contributed by atoms with Crippen LogP contribution in [0.3, 0.4) is 0 Å². The average molecular weight is 362 g/mol. The van der Waals surface area contributed by atoms with E-state index in [1.807, 2.05) is 6.92 Å². The molecule has 0 aromatic heterocycles. The van der Waals surface area contributed by atoms with Crippen molar-refractivity contribution < 1.29 is 23.9 Å². The third kappa shape index (κ3) is 3.52. The smallest absolute Gasteiger partial charge is 0.412 e. The van der Waals surface area contributed by atoms with Crippen molar-refractivity contribution in [3.8, 4) is 0 Å². The lowest BCUT2D eigenvalue weighted by molar-refractivity contribution is -0.122. The van der Waals surface area contributed by atoms with Gasteiger partial charge in [0.25, 0.3) is 0 Å². The molecular weight excluding hydrogens is 336 g/mol. The number of fused-ring (bicyclic) bond motifs is 1. The highest BCUT2D eigenvalue weighted by Gasteiger charge is 2.45. The monoisotopic (exact) mass is 362 g/mol. The van der Waals surface area contributed by atoms with Crippen molar-refractivity contribution in [2.24, 2.45) is 0 Å². The quantitative estimate of drug-likeness (QED) is 0.832. The number of likely N-dealkylation sites (N-methyl/N-ethyl adjacent to an activating group) is 1. The van der Waals surface area contributed by atoms with Crippen molar-refractivity contribution in [1.82, 2.24) is 0 Å². The number of ether oxygens (including phenoxy) is 2. The van der Waals surface area contributed by atoms with Crippen molar-refractivity contribution >= 4 is 29.3 Å². The minimum Gasteiger partial charge on any atom is -0.465 e. The van der Waals surface area contributed by atoms with Crippen LogP contribution in [0.15, 0.2) is 12.1 Å². The molecule has 2 rings (SSSR count). The number of benzene rings is 1. The van der Waals surface area contributed by atoms with Gasteiger partial charge in [-0.2, -0.15) is 0 Å². The zero-order valence-corrected chi connectivity index (χ0v) is 16.4. The van der Waals surface area contributed by atoms with Crippen molar-refractivity contribution in [3.63, 3.8) is 0 Å². The number of methoxy groups -OCH3 is 1. The Balaban J connectivity index is 2.60. The fraction of sp³-hybridized carbons (Fsp3) is 0.526. The number of rotatable bonds is 3. The zero-order chi connectivity index (χ0) is 19.9. The molecule has 2 amide bonds. The fourth-order valence-corrected chi connectivity index (χ4v) is 3.11. The van der Waals surface area contributed by atoms with Gasteiger partial charge in [-0.25, -0.2) is 9.59 Å². The summed E-state index contributed by atoms with van der Waals surface area (Å²) in [4.78, 5) is 38.7. The van der Waals surface area contributed by atoms with Gasteiger partial charge in [0, 0.05) is 12.1 Å². The van der Waals surface area contributed by atoms with E-state index in [0.29, 0.717) is 23.5 Å². The minimum atomic E-state index is -0.843. The molecule has 0 saturated carbocycles. The number of amides is 2. The molecule has 0 atom stereocenters. The maximum Gasteiger partial charge on any atom is 0.412 e. The minimum absolute atomic E-state index is 0.0933. The summed E-state index contributed by atoms with van der Waals surface area (Å²) < 4.78 is 10.1. The lowest BCUT2D eigenvalue weighted by Crippen LogP contribution is -2.36. The molecule has 1 aromatic rings. The highest BCUT2D eigenvalue weighted by atomic mass is 16.6. The Bertz CT molecular complexity index is 762. The van der Waals surface area contributed by atoms with Gasteiger partial charge < -0.3 is 14.4 Å². The highest BCUT2D eigenvalue weighted by molar-refractivity contribution is 6.11. The van der Waals surface area contributed by atoms with Crippen molar-refractivity contribution in [3.05, 3.63) is 23.3 Å². The van der Waals surface area contributed by atoms with E-state index >= 15 is 0 Å². The molecule has 1 aliphatic heterocycles. The molecular formula is C19H26N2O5. The summed E-state index contributed by atoms with van der Waals surface area (Å²) in [5.41, 5.74) is 0.352. The van der Waals surface area contributed by atoms with E-state index in [9.17, 15) is 14.4 Å². The first-order valence-electron chi connectivity index (χ1n) is 8.51. The van der Waals surface area contributed by atoms with Crippen molar-refractivity contribution in [1.29, 1.82) is 0 Å². The molecule has 142 valence electrons. The molecule has 0 unspecified atom stereocenters. The van der Waals surface area contributed by atoms with Gasteiger partial charge in [-0.1, -0.05) is 0 Å². The van der Waals surface area contributed by atoms with Gasteiger partial charge in [0.15, 0.2) is 0 Å². The zero-order valence-electron chi connectivity index (χ0n) is 16.4.